The molecule has 0 saturated heterocycles. The number of Topliss-reactive ketones (excluding diaryl/α,β-unsaturated/α-hetero) is 1. The lowest BCUT2D eigenvalue weighted by molar-refractivity contribution is -0.114. The van der Waals surface area contributed by atoms with Gasteiger partial charge in [0.25, 0.3) is 0 Å². The van der Waals surface area contributed by atoms with Crippen LogP contribution in [0.5, 0.6) is 5.75 Å². The maximum atomic E-state index is 12.4. The molecule has 0 saturated carbocycles. The summed E-state index contributed by atoms with van der Waals surface area (Å²) in [5, 5.41) is 0. The van der Waals surface area contributed by atoms with Crippen molar-refractivity contribution in [2.45, 2.75) is 45.1 Å². The molecule has 24 heavy (non-hydrogen) atoms. The second-order valence-corrected chi connectivity index (χ2v) is 7.56. The number of benzene rings is 1. The van der Waals surface area contributed by atoms with Gasteiger partial charge in [-0.1, -0.05) is 32.8 Å². The predicted octanol–water partition coefficient (Wildman–Crippen LogP) is 5.71. The Kier molecular flexibility index (Phi) is 6.84. The van der Waals surface area contributed by atoms with Gasteiger partial charge in [-0.3, -0.25) is 4.79 Å². The number of aryl methyl sites for hydroxylation is 1. The number of ether oxygens (including phenoxy) is 2. The zero-order valence-electron chi connectivity index (χ0n) is 14.2. The summed E-state index contributed by atoms with van der Waals surface area (Å²) in [6.45, 7) is 4.22. The zero-order valence-corrected chi connectivity index (χ0v) is 17.4. The van der Waals surface area contributed by atoms with Crippen LogP contribution in [0.15, 0.2) is 45.1 Å². The molecule has 1 aromatic rings. The molecule has 1 aromatic carbocycles. The summed E-state index contributed by atoms with van der Waals surface area (Å²) in [5.41, 5.74) is 0.616. The van der Waals surface area contributed by atoms with Crippen molar-refractivity contribution in [1.29, 1.82) is 0 Å². The number of halogens is 2. The van der Waals surface area contributed by atoms with Crippen LogP contribution in [-0.2, 0) is 16.0 Å². The van der Waals surface area contributed by atoms with Gasteiger partial charge in [-0.05, 0) is 74.5 Å². The summed E-state index contributed by atoms with van der Waals surface area (Å²) in [6.07, 6.45) is 7.38. The molecule has 2 rings (SSSR count). The lowest BCUT2D eigenvalue weighted by Gasteiger charge is -2.30. The molecular formula is C19H22Br2O3. The fraction of sp³-hybridized carbons (Fsp3) is 0.421. The standard InChI is InChI=1S/C19H22Br2O3/c1-4-6-13-7-8-16(14(20)10-13)24-17-12-19(23-3,9-5-2)11-15(21)18(17)22/h7-8,10-12H,4-6,9H2,1-3H3. The molecule has 0 amide bonds. The minimum atomic E-state index is -0.620. The summed E-state index contributed by atoms with van der Waals surface area (Å²) >= 11 is 6.88. The van der Waals surface area contributed by atoms with Crippen molar-refractivity contribution in [2.24, 2.45) is 0 Å². The number of carbonyl (C=O) groups excluding carboxylic acids is 1. The maximum Gasteiger partial charge on any atom is 0.234 e. The summed E-state index contributed by atoms with van der Waals surface area (Å²) < 4.78 is 12.9. The molecule has 0 aliphatic heterocycles. The maximum absolute atomic E-state index is 12.4. The molecule has 0 radical (unpaired) electrons. The van der Waals surface area contributed by atoms with Gasteiger partial charge in [-0.2, -0.15) is 0 Å². The quantitative estimate of drug-likeness (QED) is 0.525. The molecule has 0 spiro atoms. The van der Waals surface area contributed by atoms with Crippen molar-refractivity contribution >= 4 is 37.6 Å². The van der Waals surface area contributed by atoms with E-state index >= 15 is 0 Å². The SMILES string of the molecule is CCCc1ccc(OC2=CC(CCC)(OC)C=C(Br)C2=O)c(Br)c1. The van der Waals surface area contributed by atoms with Gasteiger partial charge in [0.1, 0.15) is 11.4 Å². The van der Waals surface area contributed by atoms with Crippen LogP contribution in [0, 0.1) is 0 Å². The minimum absolute atomic E-state index is 0.177. The van der Waals surface area contributed by atoms with E-state index in [1.165, 1.54) is 5.56 Å². The van der Waals surface area contributed by atoms with Crippen molar-refractivity contribution in [3.8, 4) is 5.75 Å². The van der Waals surface area contributed by atoms with Gasteiger partial charge in [-0.25, -0.2) is 0 Å². The van der Waals surface area contributed by atoms with Gasteiger partial charge in [0.15, 0.2) is 5.76 Å². The van der Waals surface area contributed by atoms with Gasteiger partial charge < -0.3 is 9.47 Å². The first-order chi connectivity index (χ1) is 11.4. The number of allylic oxidation sites excluding steroid dienone is 1. The van der Waals surface area contributed by atoms with Crippen molar-refractivity contribution in [3.63, 3.8) is 0 Å². The van der Waals surface area contributed by atoms with Crippen LogP contribution in [0.1, 0.15) is 38.7 Å². The van der Waals surface area contributed by atoms with E-state index in [4.69, 9.17) is 9.47 Å². The van der Waals surface area contributed by atoms with Gasteiger partial charge in [0, 0.05) is 7.11 Å². The Morgan fingerprint density at radius 1 is 1.12 bits per heavy atom. The molecule has 0 bridgehead atoms. The third kappa shape index (κ3) is 4.38. The summed E-state index contributed by atoms with van der Waals surface area (Å²) in [5.74, 6) is 0.727. The van der Waals surface area contributed by atoms with Crippen LogP contribution in [-0.4, -0.2) is 18.5 Å². The van der Waals surface area contributed by atoms with Gasteiger partial charge in [-0.15, -0.1) is 0 Å². The second kappa shape index (κ2) is 8.45. The zero-order chi connectivity index (χ0) is 17.7. The average Bonchev–Trinajstić information content (AvgIpc) is 2.55. The first-order valence-corrected chi connectivity index (χ1v) is 9.70. The lowest BCUT2D eigenvalue weighted by Crippen LogP contribution is -2.32. The second-order valence-electron chi connectivity index (χ2n) is 5.86. The molecule has 0 N–H and O–H groups in total. The molecular weight excluding hydrogens is 436 g/mol. The van der Waals surface area contributed by atoms with Gasteiger partial charge >= 0.3 is 0 Å². The van der Waals surface area contributed by atoms with Crippen molar-refractivity contribution in [1.82, 2.24) is 0 Å². The van der Waals surface area contributed by atoms with Crippen LogP contribution >= 0.6 is 31.9 Å². The Labute approximate surface area is 160 Å². The van der Waals surface area contributed by atoms with Crippen LogP contribution in [0.4, 0.5) is 0 Å². The highest BCUT2D eigenvalue weighted by Gasteiger charge is 2.34. The van der Waals surface area contributed by atoms with Gasteiger partial charge in [0.05, 0.1) is 8.96 Å². The number of methoxy groups -OCH3 is 1. The normalized spacial score (nSPS) is 20.6. The average molecular weight is 458 g/mol. The Morgan fingerprint density at radius 3 is 2.46 bits per heavy atom. The molecule has 1 aliphatic carbocycles. The van der Waals surface area contributed by atoms with Crippen molar-refractivity contribution in [3.05, 3.63) is 50.6 Å². The Hall–Kier alpha value is -0.910. The minimum Gasteiger partial charge on any atom is -0.452 e. The molecule has 3 nitrogen and oxygen atoms in total. The summed E-state index contributed by atoms with van der Waals surface area (Å²) in [4.78, 5) is 12.4. The number of rotatable bonds is 7. The Balaban J connectivity index is 2.31. The van der Waals surface area contributed by atoms with E-state index in [1.807, 2.05) is 24.3 Å². The van der Waals surface area contributed by atoms with Crippen LogP contribution in [0.25, 0.3) is 0 Å². The third-order valence-corrected chi connectivity index (χ3v) is 5.17. The number of hydrogen-bond donors (Lipinski definition) is 0. The van der Waals surface area contributed by atoms with E-state index in [2.05, 4.69) is 45.7 Å². The molecule has 1 aliphatic rings. The van der Waals surface area contributed by atoms with Crippen molar-refractivity contribution < 1.29 is 14.3 Å². The van der Waals surface area contributed by atoms with E-state index in [9.17, 15) is 4.79 Å². The number of hydrogen-bond acceptors (Lipinski definition) is 3. The monoisotopic (exact) mass is 456 g/mol. The summed E-state index contributed by atoms with van der Waals surface area (Å²) in [7, 11) is 1.64. The van der Waals surface area contributed by atoms with E-state index in [0.29, 0.717) is 10.2 Å². The van der Waals surface area contributed by atoms with E-state index in [0.717, 1.165) is 30.2 Å². The molecule has 0 fully saturated rings. The first-order valence-electron chi connectivity index (χ1n) is 8.12. The number of ketones is 1. The number of carbonyl (C=O) groups is 1. The smallest absolute Gasteiger partial charge is 0.234 e. The fourth-order valence-corrected chi connectivity index (χ4v) is 3.84. The predicted molar refractivity (Wildman–Crippen MR) is 104 cm³/mol. The Bertz CT molecular complexity index is 679. The molecule has 0 heterocycles. The lowest BCUT2D eigenvalue weighted by atomic mass is 9.91. The molecule has 1 unspecified atom stereocenters. The molecule has 130 valence electrons. The molecule has 0 aromatic heterocycles. The van der Waals surface area contributed by atoms with E-state index < -0.39 is 5.60 Å². The topological polar surface area (TPSA) is 35.5 Å². The van der Waals surface area contributed by atoms with Crippen LogP contribution < -0.4 is 4.74 Å². The van der Waals surface area contributed by atoms with Crippen LogP contribution in [0.3, 0.4) is 0 Å². The van der Waals surface area contributed by atoms with Crippen molar-refractivity contribution in [2.75, 3.05) is 7.11 Å². The van der Waals surface area contributed by atoms with Crippen LogP contribution in [0.2, 0.25) is 0 Å². The Morgan fingerprint density at radius 2 is 1.88 bits per heavy atom. The third-order valence-electron chi connectivity index (χ3n) is 3.96. The highest BCUT2D eigenvalue weighted by molar-refractivity contribution is 9.12. The molecule has 1 atom stereocenters. The van der Waals surface area contributed by atoms with E-state index in [1.54, 1.807) is 13.2 Å². The highest BCUT2D eigenvalue weighted by Crippen LogP contribution is 2.35. The first kappa shape index (κ1) is 19.4. The largest absolute Gasteiger partial charge is 0.452 e. The van der Waals surface area contributed by atoms with Gasteiger partial charge in [0.2, 0.25) is 5.78 Å². The molecule has 5 heteroatoms. The highest BCUT2D eigenvalue weighted by atomic mass is 79.9. The summed E-state index contributed by atoms with van der Waals surface area (Å²) in [6, 6.07) is 5.95. The van der Waals surface area contributed by atoms with E-state index in [-0.39, 0.29) is 11.5 Å². The fourth-order valence-electron chi connectivity index (χ4n) is 2.75.